The first-order valence-electron chi connectivity index (χ1n) is 8.17. The fourth-order valence-corrected chi connectivity index (χ4v) is 6.14. The van der Waals surface area contributed by atoms with Crippen molar-refractivity contribution in [2.45, 2.75) is 23.7 Å². The second-order valence-corrected chi connectivity index (χ2v) is 10.2. The molecule has 0 unspecified atom stereocenters. The molecule has 3 rings (SSSR count). The predicted octanol–water partition coefficient (Wildman–Crippen LogP) is 0.404. The van der Waals surface area contributed by atoms with Crippen molar-refractivity contribution in [2.75, 3.05) is 26.2 Å². The van der Waals surface area contributed by atoms with E-state index < -0.39 is 10.0 Å². The SMILES string of the molecule is C[C@@H](C(=O)NCc1cccs1)[NH+]1CCN(S(=O)(=O)c2cccs2)CC1. The Morgan fingerprint density at radius 1 is 1.24 bits per heavy atom. The van der Waals surface area contributed by atoms with Crippen molar-refractivity contribution in [3.05, 3.63) is 39.9 Å². The second kappa shape index (κ2) is 7.96. The maximum absolute atomic E-state index is 12.5. The number of rotatable bonds is 6. The van der Waals surface area contributed by atoms with Gasteiger partial charge in [-0.1, -0.05) is 12.1 Å². The average molecular weight is 401 g/mol. The smallest absolute Gasteiger partial charge is 0.278 e. The Morgan fingerprint density at radius 2 is 1.92 bits per heavy atom. The number of amides is 1. The maximum Gasteiger partial charge on any atom is 0.278 e. The number of quaternary nitrogens is 1. The van der Waals surface area contributed by atoms with Gasteiger partial charge in [-0.15, -0.1) is 22.7 Å². The molecule has 1 fully saturated rings. The van der Waals surface area contributed by atoms with Gasteiger partial charge in [0.15, 0.2) is 6.04 Å². The molecule has 1 atom stereocenters. The van der Waals surface area contributed by atoms with Gasteiger partial charge in [0.25, 0.3) is 15.9 Å². The molecule has 1 aliphatic rings. The third-order valence-electron chi connectivity index (χ3n) is 4.48. The van der Waals surface area contributed by atoms with Crippen LogP contribution >= 0.6 is 22.7 Å². The quantitative estimate of drug-likeness (QED) is 0.738. The van der Waals surface area contributed by atoms with Crippen LogP contribution in [0.2, 0.25) is 0 Å². The topological polar surface area (TPSA) is 70.9 Å². The number of hydrogen-bond donors (Lipinski definition) is 2. The van der Waals surface area contributed by atoms with Crippen molar-refractivity contribution >= 4 is 38.6 Å². The van der Waals surface area contributed by atoms with Crippen LogP contribution in [0.4, 0.5) is 0 Å². The van der Waals surface area contributed by atoms with Crippen LogP contribution in [0.15, 0.2) is 39.2 Å². The van der Waals surface area contributed by atoms with Crippen molar-refractivity contribution < 1.29 is 18.1 Å². The van der Waals surface area contributed by atoms with Crippen LogP contribution in [0, 0.1) is 0 Å². The molecule has 2 aromatic heterocycles. The fraction of sp³-hybridized carbons (Fsp3) is 0.438. The van der Waals surface area contributed by atoms with Crippen LogP contribution in [0.1, 0.15) is 11.8 Å². The second-order valence-electron chi connectivity index (χ2n) is 6.01. The van der Waals surface area contributed by atoms with E-state index in [0.29, 0.717) is 36.9 Å². The van der Waals surface area contributed by atoms with Gasteiger partial charge in [-0.3, -0.25) is 4.79 Å². The summed E-state index contributed by atoms with van der Waals surface area (Å²) in [6.45, 7) is 4.61. The zero-order valence-electron chi connectivity index (χ0n) is 14.0. The van der Waals surface area contributed by atoms with E-state index in [1.54, 1.807) is 28.8 Å². The molecular formula is C16H22N3O3S3+. The summed E-state index contributed by atoms with van der Waals surface area (Å²) in [7, 11) is -3.39. The third-order valence-corrected chi connectivity index (χ3v) is 8.62. The van der Waals surface area contributed by atoms with Gasteiger partial charge in [0, 0.05) is 4.88 Å². The number of carbonyl (C=O) groups is 1. The molecule has 6 nitrogen and oxygen atoms in total. The first-order chi connectivity index (χ1) is 12.0. The van der Waals surface area contributed by atoms with Crippen LogP contribution in [-0.2, 0) is 21.4 Å². The molecule has 25 heavy (non-hydrogen) atoms. The van der Waals surface area contributed by atoms with Crippen molar-refractivity contribution in [3.8, 4) is 0 Å². The Balaban J connectivity index is 1.52. The molecule has 0 saturated carbocycles. The third kappa shape index (κ3) is 4.29. The van der Waals surface area contributed by atoms with Gasteiger partial charge in [-0.05, 0) is 29.8 Å². The summed E-state index contributed by atoms with van der Waals surface area (Å²) in [6, 6.07) is 7.16. The molecule has 0 aliphatic carbocycles. The average Bonchev–Trinajstić information content (AvgIpc) is 3.32. The van der Waals surface area contributed by atoms with Crippen LogP contribution < -0.4 is 10.2 Å². The molecule has 3 heterocycles. The fourth-order valence-electron chi connectivity index (χ4n) is 2.91. The Hall–Kier alpha value is -1.26. The lowest BCUT2D eigenvalue weighted by Crippen LogP contribution is -3.19. The van der Waals surface area contributed by atoms with Gasteiger partial charge in [-0.2, -0.15) is 4.31 Å². The molecule has 0 radical (unpaired) electrons. The van der Waals surface area contributed by atoms with Crippen molar-refractivity contribution in [2.24, 2.45) is 0 Å². The van der Waals surface area contributed by atoms with Gasteiger partial charge >= 0.3 is 0 Å². The summed E-state index contributed by atoms with van der Waals surface area (Å²) in [4.78, 5) is 14.6. The molecule has 136 valence electrons. The maximum atomic E-state index is 12.5. The highest BCUT2D eigenvalue weighted by Gasteiger charge is 2.34. The van der Waals surface area contributed by atoms with E-state index in [1.807, 2.05) is 24.4 Å². The minimum Gasteiger partial charge on any atom is -0.346 e. The number of carbonyl (C=O) groups excluding carboxylic acids is 1. The van der Waals surface area contributed by atoms with Crippen molar-refractivity contribution in [1.82, 2.24) is 9.62 Å². The largest absolute Gasteiger partial charge is 0.346 e. The molecule has 1 amide bonds. The van der Waals surface area contributed by atoms with Gasteiger partial charge < -0.3 is 10.2 Å². The minimum atomic E-state index is -3.39. The van der Waals surface area contributed by atoms with E-state index in [-0.39, 0.29) is 11.9 Å². The molecule has 0 bridgehead atoms. The highest BCUT2D eigenvalue weighted by atomic mass is 32.2. The van der Waals surface area contributed by atoms with Gasteiger partial charge in [0.2, 0.25) is 0 Å². The summed E-state index contributed by atoms with van der Waals surface area (Å²) in [5.41, 5.74) is 0. The van der Waals surface area contributed by atoms with E-state index in [2.05, 4.69) is 5.32 Å². The molecule has 2 aromatic rings. The molecule has 9 heteroatoms. The Morgan fingerprint density at radius 3 is 2.52 bits per heavy atom. The minimum absolute atomic E-state index is 0.0120. The zero-order valence-corrected chi connectivity index (χ0v) is 16.4. The Kier molecular flexibility index (Phi) is 5.90. The van der Waals surface area contributed by atoms with E-state index in [1.165, 1.54) is 15.6 Å². The Bertz CT molecular complexity index is 780. The number of thiophene rings is 2. The highest BCUT2D eigenvalue weighted by Crippen LogP contribution is 2.20. The molecule has 0 aromatic carbocycles. The number of hydrogen-bond acceptors (Lipinski definition) is 5. The number of sulfonamides is 1. The van der Waals surface area contributed by atoms with Crippen LogP contribution in [-0.4, -0.2) is 50.9 Å². The number of piperazine rings is 1. The first kappa shape index (κ1) is 18.5. The van der Waals surface area contributed by atoms with Crippen LogP contribution in [0.25, 0.3) is 0 Å². The van der Waals surface area contributed by atoms with Gasteiger partial charge in [0.1, 0.15) is 4.21 Å². The Labute approximate surface area is 156 Å². The molecule has 2 N–H and O–H groups in total. The molecular weight excluding hydrogens is 378 g/mol. The summed E-state index contributed by atoms with van der Waals surface area (Å²) < 4.78 is 27.0. The number of nitrogens with one attached hydrogen (secondary N) is 2. The van der Waals surface area contributed by atoms with E-state index in [0.717, 1.165) is 9.78 Å². The van der Waals surface area contributed by atoms with Gasteiger partial charge in [0.05, 0.1) is 32.7 Å². The molecule has 1 saturated heterocycles. The van der Waals surface area contributed by atoms with Crippen molar-refractivity contribution in [1.29, 1.82) is 0 Å². The zero-order chi connectivity index (χ0) is 17.9. The molecule has 1 aliphatic heterocycles. The molecule has 0 spiro atoms. The summed E-state index contributed by atoms with van der Waals surface area (Å²) in [5, 5.41) is 6.73. The summed E-state index contributed by atoms with van der Waals surface area (Å²) >= 11 is 2.86. The predicted molar refractivity (Wildman–Crippen MR) is 99.4 cm³/mol. The number of nitrogens with zero attached hydrogens (tertiary/aromatic N) is 1. The van der Waals surface area contributed by atoms with E-state index in [4.69, 9.17) is 0 Å². The lowest BCUT2D eigenvalue weighted by molar-refractivity contribution is -0.917. The monoisotopic (exact) mass is 400 g/mol. The summed E-state index contributed by atoms with van der Waals surface area (Å²) in [5.74, 6) is 0.0120. The highest BCUT2D eigenvalue weighted by molar-refractivity contribution is 7.91. The van der Waals surface area contributed by atoms with Crippen LogP contribution in [0.3, 0.4) is 0 Å². The van der Waals surface area contributed by atoms with E-state index in [9.17, 15) is 13.2 Å². The van der Waals surface area contributed by atoms with Crippen molar-refractivity contribution in [3.63, 3.8) is 0 Å². The van der Waals surface area contributed by atoms with Gasteiger partial charge in [-0.25, -0.2) is 8.42 Å². The summed E-state index contributed by atoms with van der Waals surface area (Å²) in [6.07, 6.45) is 0. The van der Waals surface area contributed by atoms with Crippen LogP contribution in [0.5, 0.6) is 0 Å². The normalized spacial score (nSPS) is 18.1. The standard InChI is InChI=1S/C16H21N3O3S3/c1-13(16(20)17-12-14-4-2-10-23-14)18-6-8-19(9-7-18)25(21,22)15-5-3-11-24-15/h2-5,10-11,13H,6-9,12H2,1H3,(H,17,20)/p+1/t13-/m0/s1. The van der Waals surface area contributed by atoms with E-state index >= 15 is 0 Å². The first-order valence-corrected chi connectivity index (χ1v) is 11.4. The lowest BCUT2D eigenvalue weighted by atomic mass is 10.2. The lowest BCUT2D eigenvalue weighted by Gasteiger charge is -2.33.